The second kappa shape index (κ2) is 8.99. The number of rotatable bonds is 7. The molecule has 2 aromatic rings. The Morgan fingerprint density at radius 3 is 2.00 bits per heavy atom. The molecule has 0 amide bonds. The van der Waals surface area contributed by atoms with Crippen LogP contribution in [-0.4, -0.2) is 51.7 Å². The van der Waals surface area contributed by atoms with Gasteiger partial charge in [0.05, 0.1) is 17.9 Å². The molecule has 1 aromatic heterocycles. The van der Waals surface area contributed by atoms with Crippen LogP contribution in [0.25, 0.3) is 0 Å². The van der Waals surface area contributed by atoms with Gasteiger partial charge in [-0.3, -0.25) is 0 Å². The zero-order valence-corrected chi connectivity index (χ0v) is 14.9. The van der Waals surface area contributed by atoms with Crippen molar-refractivity contribution in [3.05, 3.63) is 29.8 Å². The zero-order chi connectivity index (χ0) is 23.4. The zero-order valence-electron chi connectivity index (χ0n) is 14.9. The lowest BCUT2D eigenvalue weighted by Crippen LogP contribution is -2.47. The molecule has 3 N–H and O–H groups in total. The van der Waals surface area contributed by atoms with Gasteiger partial charge in [0.1, 0.15) is 0 Å². The number of hydrogen-bond donors (Lipinski definition) is 3. The van der Waals surface area contributed by atoms with Crippen molar-refractivity contribution in [1.82, 2.24) is 15.0 Å². The van der Waals surface area contributed by atoms with Crippen LogP contribution in [0.2, 0.25) is 0 Å². The number of ether oxygens (including phenoxy) is 1. The molecule has 0 radical (unpaired) electrons. The van der Waals surface area contributed by atoms with Crippen LogP contribution in [0, 0.1) is 0 Å². The van der Waals surface area contributed by atoms with Crippen molar-refractivity contribution >= 4 is 17.6 Å². The number of hydrogen-bond acceptors (Lipinski definition) is 7. The first-order chi connectivity index (χ1) is 14.2. The Bertz CT molecular complexity index is 872. The molecule has 0 spiro atoms. The number of alkyl halides is 9. The summed E-state index contributed by atoms with van der Waals surface area (Å²) in [5.74, 6) is -1.50. The van der Waals surface area contributed by atoms with Crippen LogP contribution in [0.1, 0.15) is 5.56 Å². The molecule has 0 atom stereocenters. The normalized spacial score (nSPS) is 12.7. The number of aliphatic hydroxyl groups excluding tert-OH is 1. The van der Waals surface area contributed by atoms with Gasteiger partial charge in [-0.2, -0.15) is 54.5 Å². The predicted molar refractivity (Wildman–Crippen MR) is 86.7 cm³/mol. The van der Waals surface area contributed by atoms with Crippen molar-refractivity contribution < 1.29 is 49.4 Å². The summed E-state index contributed by atoms with van der Waals surface area (Å²) in [6, 6.07) is 2.38. The molecule has 0 unspecified atom stereocenters. The minimum atomic E-state index is -5.89. The Kier molecular flexibility index (Phi) is 7.03. The SMILES string of the molecule is OCCNc1nc(Nc2ccccc2C(F)(F)F)nc(OC(C(F)(F)F)C(F)(F)F)n1. The largest absolute Gasteiger partial charge is 0.440 e. The maximum absolute atomic E-state index is 13.1. The molecule has 0 aliphatic carbocycles. The van der Waals surface area contributed by atoms with Gasteiger partial charge in [-0.15, -0.1) is 0 Å². The van der Waals surface area contributed by atoms with Crippen LogP contribution in [0.4, 0.5) is 57.1 Å². The van der Waals surface area contributed by atoms with E-state index in [1.165, 1.54) is 6.07 Å². The number of aromatic nitrogens is 3. The highest BCUT2D eigenvalue weighted by molar-refractivity contribution is 5.60. The predicted octanol–water partition coefficient (Wildman–Crippen LogP) is 3.91. The summed E-state index contributed by atoms with van der Waals surface area (Å²) in [6.45, 7) is -0.820. The second-order valence-corrected chi connectivity index (χ2v) is 5.67. The number of halogens is 9. The van der Waals surface area contributed by atoms with Crippen molar-refractivity contribution in [3.8, 4) is 6.01 Å². The fourth-order valence-corrected chi connectivity index (χ4v) is 2.10. The molecule has 0 fully saturated rings. The van der Waals surface area contributed by atoms with E-state index in [1.54, 1.807) is 0 Å². The number of para-hydroxylation sites is 1. The highest BCUT2D eigenvalue weighted by Gasteiger charge is 2.59. The van der Waals surface area contributed by atoms with Crippen LogP contribution in [0.3, 0.4) is 0 Å². The Balaban J connectivity index is 2.46. The van der Waals surface area contributed by atoms with Gasteiger partial charge in [0, 0.05) is 6.54 Å². The van der Waals surface area contributed by atoms with E-state index >= 15 is 0 Å². The topological polar surface area (TPSA) is 92.2 Å². The average molecular weight is 465 g/mol. The van der Waals surface area contributed by atoms with Crippen LogP contribution < -0.4 is 15.4 Å². The molecule has 0 bridgehead atoms. The monoisotopic (exact) mass is 465 g/mol. The molecule has 0 saturated heterocycles. The first-order valence-corrected chi connectivity index (χ1v) is 8.06. The highest BCUT2D eigenvalue weighted by Crippen LogP contribution is 2.37. The fraction of sp³-hybridized carbons (Fsp3) is 0.400. The first-order valence-electron chi connectivity index (χ1n) is 8.06. The number of aliphatic hydroxyl groups is 1. The number of nitrogens with zero attached hydrogens (tertiary/aromatic N) is 3. The van der Waals surface area contributed by atoms with Crippen molar-refractivity contribution in [1.29, 1.82) is 0 Å². The van der Waals surface area contributed by atoms with Crippen LogP contribution in [-0.2, 0) is 6.18 Å². The summed E-state index contributed by atoms with van der Waals surface area (Å²) in [5.41, 5.74) is -1.84. The lowest BCUT2D eigenvalue weighted by molar-refractivity contribution is -0.301. The molecule has 0 aliphatic heterocycles. The molecule has 172 valence electrons. The van der Waals surface area contributed by atoms with E-state index in [9.17, 15) is 39.5 Å². The van der Waals surface area contributed by atoms with Gasteiger partial charge in [-0.25, -0.2) is 0 Å². The van der Waals surface area contributed by atoms with Crippen LogP contribution >= 0.6 is 0 Å². The highest BCUT2D eigenvalue weighted by atomic mass is 19.4. The summed E-state index contributed by atoms with van der Waals surface area (Å²) in [7, 11) is 0. The van der Waals surface area contributed by atoms with E-state index in [0.29, 0.717) is 6.07 Å². The van der Waals surface area contributed by atoms with E-state index in [2.05, 4.69) is 30.3 Å². The minimum Gasteiger partial charge on any atom is -0.440 e. The third-order valence-electron chi connectivity index (χ3n) is 3.31. The molecule has 0 saturated carbocycles. The number of anilines is 3. The molecular weight excluding hydrogens is 453 g/mol. The van der Waals surface area contributed by atoms with E-state index in [0.717, 1.165) is 12.1 Å². The lowest BCUT2D eigenvalue weighted by Gasteiger charge is -2.23. The Hall–Kier alpha value is -3.04. The van der Waals surface area contributed by atoms with Crippen molar-refractivity contribution in [2.75, 3.05) is 23.8 Å². The third kappa shape index (κ3) is 6.73. The Labute approximate surface area is 167 Å². The minimum absolute atomic E-state index is 0.288. The molecule has 31 heavy (non-hydrogen) atoms. The summed E-state index contributed by atoms with van der Waals surface area (Å²) in [5, 5.41) is 13.1. The van der Waals surface area contributed by atoms with Crippen molar-refractivity contribution in [3.63, 3.8) is 0 Å². The molecular formula is C15H12F9N5O2. The van der Waals surface area contributed by atoms with Gasteiger partial charge in [-0.1, -0.05) is 12.1 Å². The molecule has 16 heteroatoms. The Morgan fingerprint density at radius 1 is 0.871 bits per heavy atom. The summed E-state index contributed by atoms with van der Waals surface area (Å²) >= 11 is 0. The van der Waals surface area contributed by atoms with E-state index in [1.807, 2.05) is 0 Å². The van der Waals surface area contributed by atoms with Crippen molar-refractivity contribution in [2.24, 2.45) is 0 Å². The molecule has 0 aliphatic rings. The van der Waals surface area contributed by atoms with Gasteiger partial charge in [0.15, 0.2) is 0 Å². The van der Waals surface area contributed by atoms with Gasteiger partial charge >= 0.3 is 24.5 Å². The van der Waals surface area contributed by atoms with Gasteiger partial charge < -0.3 is 20.5 Å². The van der Waals surface area contributed by atoms with Gasteiger partial charge in [-0.05, 0) is 12.1 Å². The first kappa shape index (κ1) is 24.2. The number of nitrogens with one attached hydrogen (secondary N) is 2. The van der Waals surface area contributed by atoms with E-state index in [4.69, 9.17) is 5.11 Å². The Morgan fingerprint density at radius 2 is 1.45 bits per heavy atom. The molecule has 1 aromatic carbocycles. The van der Waals surface area contributed by atoms with Crippen LogP contribution in [0.5, 0.6) is 6.01 Å². The van der Waals surface area contributed by atoms with Gasteiger partial charge in [0.25, 0.3) is 6.10 Å². The summed E-state index contributed by atoms with van der Waals surface area (Å²) in [6.07, 6.45) is -20.9. The third-order valence-corrected chi connectivity index (χ3v) is 3.31. The second-order valence-electron chi connectivity index (χ2n) is 5.67. The van der Waals surface area contributed by atoms with Gasteiger partial charge in [0.2, 0.25) is 11.9 Å². The molecule has 2 rings (SSSR count). The fourth-order valence-electron chi connectivity index (χ4n) is 2.10. The number of benzene rings is 1. The standard InChI is InChI=1S/C15H12F9N5O2/c16-13(17,18)7-3-1-2-4-8(7)26-11-27-10(25-5-6-30)28-12(29-11)31-9(14(19,20)21)15(22,23)24/h1-4,9,30H,5-6H2,(H2,25,26,27,28,29). The quantitative estimate of drug-likeness (QED) is 0.534. The van der Waals surface area contributed by atoms with Crippen molar-refractivity contribution in [2.45, 2.75) is 24.6 Å². The molecule has 1 heterocycles. The lowest BCUT2D eigenvalue weighted by atomic mass is 10.1. The maximum Gasteiger partial charge on any atom is 0.434 e. The van der Waals surface area contributed by atoms with E-state index in [-0.39, 0.29) is 6.54 Å². The summed E-state index contributed by atoms with van der Waals surface area (Å²) in [4.78, 5) is 9.98. The van der Waals surface area contributed by atoms with E-state index < -0.39 is 60.4 Å². The smallest absolute Gasteiger partial charge is 0.434 e. The average Bonchev–Trinajstić information content (AvgIpc) is 2.62. The molecule has 7 nitrogen and oxygen atoms in total. The van der Waals surface area contributed by atoms with Crippen LogP contribution in [0.15, 0.2) is 24.3 Å². The summed E-state index contributed by atoms with van der Waals surface area (Å²) < 4.78 is 120. The maximum atomic E-state index is 13.1.